The second-order valence-electron chi connectivity index (χ2n) is 1.83. The molecule has 0 aliphatic rings. The molecule has 0 aliphatic carbocycles. The molecule has 44 valence electrons. The van der Waals surface area contributed by atoms with Crippen LogP contribution < -0.4 is 0 Å². The normalized spacial score (nSPS) is 9.62. The third-order valence-electron chi connectivity index (χ3n) is 1.06. The summed E-state index contributed by atoms with van der Waals surface area (Å²) in [4.78, 5) is 0. The van der Waals surface area contributed by atoms with E-state index >= 15 is 0 Å². The van der Waals surface area contributed by atoms with Crippen molar-refractivity contribution in [3.8, 4) is 0 Å². The lowest BCUT2D eigenvalue weighted by molar-refractivity contribution is 1.03. The van der Waals surface area contributed by atoms with E-state index in [1.807, 2.05) is 0 Å². The summed E-state index contributed by atoms with van der Waals surface area (Å²) in [6.07, 6.45) is 1.30. The first-order valence-corrected chi connectivity index (χ1v) is 4.49. The Labute approximate surface area is 53.1 Å². The van der Waals surface area contributed by atoms with Crippen molar-refractivity contribution in [1.29, 1.82) is 0 Å². The van der Waals surface area contributed by atoms with Crippen molar-refractivity contribution in [2.75, 3.05) is 0 Å². The Morgan fingerprint density at radius 3 is 2.38 bits per heavy atom. The number of rotatable bonds is 2. The Morgan fingerprint density at radius 2 is 1.88 bits per heavy atom. The van der Waals surface area contributed by atoms with Crippen molar-refractivity contribution in [3.05, 3.63) is 22.9 Å². The summed E-state index contributed by atoms with van der Waals surface area (Å²) in [6, 6.07) is 4.28. The van der Waals surface area contributed by atoms with E-state index < -0.39 is 0 Å². The lowest BCUT2D eigenvalue weighted by Crippen LogP contribution is -1.62. The molecule has 0 saturated carbocycles. The van der Waals surface area contributed by atoms with Gasteiger partial charge in [-0.2, -0.15) is 0 Å². The molecule has 8 heavy (non-hydrogen) atoms. The molecule has 0 aliphatic heterocycles. The van der Waals surface area contributed by atoms with E-state index in [0.29, 0.717) is 10.5 Å². The Kier molecular flexibility index (Phi) is 2.10. The summed E-state index contributed by atoms with van der Waals surface area (Å²) >= 11 is 0. The van der Waals surface area contributed by atoms with Gasteiger partial charge >= 0.3 is 0 Å². The first kappa shape index (κ1) is 5.83. The quantitative estimate of drug-likeness (QED) is 0.536. The van der Waals surface area contributed by atoms with Gasteiger partial charge in [-0.15, -0.1) is 0 Å². The van der Waals surface area contributed by atoms with E-state index in [4.69, 9.17) is 0 Å². The molecule has 0 N–H and O–H groups in total. The highest BCUT2D eigenvalue weighted by Crippen LogP contribution is 2.18. The fraction of sp³-hybridized carbons (Fsp3) is 0.429. The first-order chi connectivity index (χ1) is 3.93. The number of aryl methyl sites for hydroxylation is 1. The highest BCUT2D eigenvalue weighted by atomic mass is 32.2. The molecule has 0 amide bonds. The van der Waals surface area contributed by atoms with Gasteiger partial charge in [0.25, 0.3) is 0 Å². The molecular weight excluding hydrogens is 116 g/mol. The zero-order valence-electron chi connectivity index (χ0n) is 5.13. The van der Waals surface area contributed by atoms with Crippen LogP contribution in [0, 0.1) is 0 Å². The van der Waals surface area contributed by atoms with E-state index in [1.54, 1.807) is 0 Å². The Bertz CT molecular complexity index is 130. The fourth-order valence-electron chi connectivity index (χ4n) is 0.710. The van der Waals surface area contributed by atoms with Gasteiger partial charge in [-0.3, -0.25) is 0 Å². The van der Waals surface area contributed by atoms with Crippen molar-refractivity contribution in [1.82, 2.24) is 0 Å². The van der Waals surface area contributed by atoms with Crippen LogP contribution in [0.5, 0.6) is 0 Å². The van der Waals surface area contributed by atoms with Crippen LogP contribution in [-0.2, 0) is 5.75 Å². The van der Waals surface area contributed by atoms with E-state index in [1.165, 1.54) is 12.2 Å². The number of hydrogen-bond donors (Lipinski definition) is 0. The summed E-state index contributed by atoms with van der Waals surface area (Å²) < 4.78 is 0. The topological polar surface area (TPSA) is 0 Å². The van der Waals surface area contributed by atoms with Crippen molar-refractivity contribution in [3.63, 3.8) is 0 Å². The minimum absolute atomic E-state index is 0.512. The van der Waals surface area contributed by atoms with Gasteiger partial charge in [0.2, 0.25) is 0 Å². The van der Waals surface area contributed by atoms with Gasteiger partial charge in [0.05, 0.1) is 0 Å². The van der Waals surface area contributed by atoms with Crippen LogP contribution in [0.15, 0.2) is 22.9 Å². The standard InChI is InChI=1S/C7H11S/c1-2-5-8-6-3-4-7-8/h3-4,6-7H,2,5H2,1H3/q+1. The lowest BCUT2D eigenvalue weighted by Gasteiger charge is -1.77. The van der Waals surface area contributed by atoms with Crippen molar-refractivity contribution >= 4 is 10.5 Å². The Morgan fingerprint density at radius 1 is 1.25 bits per heavy atom. The lowest BCUT2D eigenvalue weighted by atomic mass is 10.6. The Balaban J connectivity index is 2.50. The smallest absolute Gasteiger partial charge is 0.0605 e. The van der Waals surface area contributed by atoms with E-state index in [2.05, 4.69) is 29.8 Å². The van der Waals surface area contributed by atoms with Crippen LogP contribution in [0.3, 0.4) is 0 Å². The predicted molar refractivity (Wildman–Crippen MR) is 39.2 cm³/mol. The van der Waals surface area contributed by atoms with E-state index in [-0.39, 0.29) is 0 Å². The molecule has 1 aromatic rings. The third kappa shape index (κ3) is 1.34. The molecule has 0 atom stereocenters. The van der Waals surface area contributed by atoms with Gasteiger partial charge in [-0.1, -0.05) is 6.92 Å². The fourth-order valence-corrected chi connectivity index (χ4v) is 2.13. The van der Waals surface area contributed by atoms with Crippen molar-refractivity contribution < 1.29 is 0 Å². The second kappa shape index (κ2) is 2.88. The maximum Gasteiger partial charge on any atom is 0.137 e. The molecule has 0 aromatic carbocycles. The van der Waals surface area contributed by atoms with E-state index in [0.717, 1.165) is 0 Å². The van der Waals surface area contributed by atoms with Crippen molar-refractivity contribution in [2.45, 2.75) is 19.1 Å². The van der Waals surface area contributed by atoms with Gasteiger partial charge in [-0.25, -0.2) is 0 Å². The summed E-state index contributed by atoms with van der Waals surface area (Å²) in [5.74, 6) is 1.34. The largest absolute Gasteiger partial charge is 0.137 e. The molecule has 0 saturated heterocycles. The molecule has 0 radical (unpaired) electrons. The molecule has 0 nitrogen and oxygen atoms in total. The molecule has 0 spiro atoms. The van der Waals surface area contributed by atoms with Gasteiger partial charge < -0.3 is 0 Å². The summed E-state index contributed by atoms with van der Waals surface area (Å²) in [7, 11) is 0.512. The average molecular weight is 127 g/mol. The highest BCUT2D eigenvalue weighted by Gasteiger charge is 1.95. The second-order valence-corrected chi connectivity index (χ2v) is 3.72. The van der Waals surface area contributed by atoms with Crippen LogP contribution in [0.4, 0.5) is 0 Å². The van der Waals surface area contributed by atoms with Crippen LogP contribution >= 0.6 is 10.5 Å². The maximum absolute atomic E-state index is 2.28. The number of hydrogen-bond acceptors (Lipinski definition) is 0. The summed E-state index contributed by atoms with van der Waals surface area (Å²) in [5.41, 5.74) is 0. The van der Waals surface area contributed by atoms with Crippen molar-refractivity contribution in [2.24, 2.45) is 0 Å². The molecular formula is C7H11S+. The summed E-state index contributed by atoms with van der Waals surface area (Å²) in [5, 5.41) is 4.56. The zero-order valence-corrected chi connectivity index (χ0v) is 5.95. The van der Waals surface area contributed by atoms with Crippen LogP contribution in [-0.4, -0.2) is 0 Å². The molecule has 1 rings (SSSR count). The average Bonchev–Trinajstić information content (AvgIpc) is 2.19. The minimum Gasteiger partial charge on any atom is -0.0605 e. The highest BCUT2D eigenvalue weighted by molar-refractivity contribution is 7.27. The van der Waals surface area contributed by atoms with Gasteiger partial charge in [0.15, 0.2) is 0 Å². The number of thiophene rings is 1. The molecule has 0 unspecified atom stereocenters. The monoisotopic (exact) mass is 127 g/mol. The molecule has 0 fully saturated rings. The molecule has 1 heterocycles. The predicted octanol–water partition coefficient (Wildman–Crippen LogP) is 2.85. The van der Waals surface area contributed by atoms with Gasteiger partial charge in [-0.05, 0) is 29.0 Å². The molecule has 1 aromatic heterocycles. The third-order valence-corrected chi connectivity index (χ3v) is 2.95. The summed E-state index contributed by atoms with van der Waals surface area (Å²) in [6.45, 7) is 2.23. The SMILES string of the molecule is CCC[s+]1cccc1. The van der Waals surface area contributed by atoms with Crippen LogP contribution in [0.25, 0.3) is 0 Å². The molecule has 0 bridgehead atoms. The minimum atomic E-state index is 0.512. The maximum atomic E-state index is 2.28. The van der Waals surface area contributed by atoms with Crippen LogP contribution in [0.2, 0.25) is 0 Å². The van der Waals surface area contributed by atoms with Gasteiger partial charge in [0, 0.05) is 0 Å². The van der Waals surface area contributed by atoms with E-state index in [9.17, 15) is 0 Å². The first-order valence-electron chi connectivity index (χ1n) is 2.97. The van der Waals surface area contributed by atoms with Crippen LogP contribution in [0.1, 0.15) is 13.3 Å². The molecule has 1 heteroatoms. The van der Waals surface area contributed by atoms with Gasteiger partial charge in [0.1, 0.15) is 16.5 Å². The zero-order chi connectivity index (χ0) is 5.82. The Hall–Kier alpha value is -0.300.